The predicted octanol–water partition coefficient (Wildman–Crippen LogP) is 2.63. The molecular weight excluding hydrogens is 200 g/mol. The van der Waals surface area contributed by atoms with Crippen LogP contribution in [-0.2, 0) is 0 Å². The fraction of sp³-hybridized carbons (Fsp3) is 0.0769. The van der Waals surface area contributed by atoms with Gasteiger partial charge in [0, 0.05) is 18.0 Å². The second-order valence-electron chi connectivity index (χ2n) is 3.23. The van der Waals surface area contributed by atoms with Crippen molar-refractivity contribution in [3.8, 4) is 22.9 Å². The Labute approximate surface area is 93.9 Å². The highest BCUT2D eigenvalue weighted by Crippen LogP contribution is 2.32. The maximum Gasteiger partial charge on any atom is 0.144 e. The molecule has 3 nitrogen and oxygen atoms in total. The minimum Gasteiger partial charge on any atom is -0.495 e. The van der Waals surface area contributed by atoms with Gasteiger partial charge in [0.05, 0.1) is 12.7 Å². The van der Waals surface area contributed by atoms with Crippen molar-refractivity contribution in [1.29, 1.82) is 5.26 Å². The minimum atomic E-state index is 0.539. The highest BCUT2D eigenvalue weighted by Gasteiger charge is 2.09. The van der Waals surface area contributed by atoms with E-state index in [1.54, 1.807) is 25.6 Å². The summed E-state index contributed by atoms with van der Waals surface area (Å²) in [6, 6.07) is 11.4. The van der Waals surface area contributed by atoms with Gasteiger partial charge in [-0.2, -0.15) is 5.26 Å². The predicted molar refractivity (Wildman–Crippen MR) is 60.9 cm³/mol. The van der Waals surface area contributed by atoms with E-state index in [4.69, 9.17) is 10.00 Å². The largest absolute Gasteiger partial charge is 0.495 e. The highest BCUT2D eigenvalue weighted by atomic mass is 16.5. The van der Waals surface area contributed by atoms with Gasteiger partial charge >= 0.3 is 0 Å². The van der Waals surface area contributed by atoms with Crippen LogP contribution in [0.4, 0.5) is 0 Å². The fourth-order valence-electron chi connectivity index (χ4n) is 1.60. The molecule has 1 heterocycles. The zero-order chi connectivity index (χ0) is 11.4. The van der Waals surface area contributed by atoms with E-state index < -0.39 is 0 Å². The molecule has 0 saturated heterocycles. The second kappa shape index (κ2) is 4.45. The molecule has 0 aliphatic rings. The van der Waals surface area contributed by atoms with Gasteiger partial charge in [0.1, 0.15) is 11.8 Å². The third-order valence-corrected chi connectivity index (χ3v) is 2.33. The average molecular weight is 210 g/mol. The SMILES string of the molecule is COc1c(C#N)cccc1-c1ccncc1. The third-order valence-electron chi connectivity index (χ3n) is 2.33. The molecule has 0 amide bonds. The summed E-state index contributed by atoms with van der Waals surface area (Å²) in [5.41, 5.74) is 2.43. The van der Waals surface area contributed by atoms with Crippen LogP contribution in [0.15, 0.2) is 42.7 Å². The maximum absolute atomic E-state index is 8.98. The van der Waals surface area contributed by atoms with E-state index in [-0.39, 0.29) is 0 Å². The van der Waals surface area contributed by atoms with E-state index in [1.165, 1.54) is 0 Å². The number of nitriles is 1. The third kappa shape index (κ3) is 1.73. The number of rotatable bonds is 2. The van der Waals surface area contributed by atoms with Crippen LogP contribution < -0.4 is 4.74 Å². The van der Waals surface area contributed by atoms with Crippen molar-refractivity contribution >= 4 is 0 Å². The van der Waals surface area contributed by atoms with Crippen LogP contribution in [0.3, 0.4) is 0 Å². The van der Waals surface area contributed by atoms with Gasteiger partial charge < -0.3 is 4.74 Å². The van der Waals surface area contributed by atoms with Crippen LogP contribution in [0.25, 0.3) is 11.1 Å². The van der Waals surface area contributed by atoms with Gasteiger partial charge in [0.15, 0.2) is 0 Å². The summed E-state index contributed by atoms with van der Waals surface area (Å²) >= 11 is 0. The zero-order valence-corrected chi connectivity index (χ0v) is 8.84. The minimum absolute atomic E-state index is 0.539. The lowest BCUT2D eigenvalue weighted by Crippen LogP contribution is -1.91. The van der Waals surface area contributed by atoms with Gasteiger partial charge in [0.2, 0.25) is 0 Å². The first-order valence-corrected chi connectivity index (χ1v) is 4.84. The molecule has 3 heteroatoms. The van der Waals surface area contributed by atoms with E-state index >= 15 is 0 Å². The van der Waals surface area contributed by atoms with Crippen LogP contribution in [0.1, 0.15) is 5.56 Å². The average Bonchev–Trinajstić information content (AvgIpc) is 2.38. The molecule has 16 heavy (non-hydrogen) atoms. The number of benzene rings is 1. The van der Waals surface area contributed by atoms with E-state index in [9.17, 15) is 0 Å². The van der Waals surface area contributed by atoms with Gasteiger partial charge in [-0.3, -0.25) is 4.98 Å². The molecule has 0 aliphatic carbocycles. The van der Waals surface area contributed by atoms with E-state index in [0.29, 0.717) is 11.3 Å². The molecule has 0 saturated carbocycles. The van der Waals surface area contributed by atoms with Gasteiger partial charge in [0.25, 0.3) is 0 Å². The lowest BCUT2D eigenvalue weighted by atomic mass is 10.0. The van der Waals surface area contributed by atoms with Crippen molar-refractivity contribution in [2.45, 2.75) is 0 Å². The number of nitrogens with zero attached hydrogens (tertiary/aromatic N) is 2. The standard InChI is InChI=1S/C13H10N2O/c1-16-13-11(9-14)3-2-4-12(13)10-5-7-15-8-6-10/h2-8H,1H3. The number of methoxy groups -OCH3 is 1. The Bertz CT molecular complexity index is 529. The summed E-state index contributed by atoms with van der Waals surface area (Å²) in [5, 5.41) is 8.98. The molecule has 0 bridgehead atoms. The van der Waals surface area contributed by atoms with Crippen LogP contribution in [0.2, 0.25) is 0 Å². The number of para-hydroxylation sites is 1. The summed E-state index contributed by atoms with van der Waals surface area (Å²) in [4.78, 5) is 3.96. The molecule has 0 N–H and O–H groups in total. The van der Waals surface area contributed by atoms with Gasteiger partial charge in [-0.25, -0.2) is 0 Å². The molecule has 0 aliphatic heterocycles. The number of hydrogen-bond donors (Lipinski definition) is 0. The number of ether oxygens (including phenoxy) is 1. The Morgan fingerprint density at radius 2 is 1.94 bits per heavy atom. The van der Waals surface area contributed by atoms with Crippen molar-refractivity contribution in [3.63, 3.8) is 0 Å². The van der Waals surface area contributed by atoms with Crippen molar-refractivity contribution in [1.82, 2.24) is 4.98 Å². The second-order valence-corrected chi connectivity index (χ2v) is 3.23. The first kappa shape index (κ1) is 10.2. The number of hydrogen-bond acceptors (Lipinski definition) is 3. The van der Waals surface area contributed by atoms with Crippen molar-refractivity contribution in [3.05, 3.63) is 48.3 Å². The van der Waals surface area contributed by atoms with Gasteiger partial charge in [-0.1, -0.05) is 12.1 Å². The lowest BCUT2D eigenvalue weighted by Gasteiger charge is -2.09. The first-order valence-electron chi connectivity index (χ1n) is 4.84. The van der Waals surface area contributed by atoms with E-state index in [2.05, 4.69) is 11.1 Å². The molecule has 2 aromatic rings. The summed E-state index contributed by atoms with van der Waals surface area (Å²) in [6.45, 7) is 0. The Morgan fingerprint density at radius 3 is 2.56 bits per heavy atom. The normalized spacial score (nSPS) is 9.50. The fourth-order valence-corrected chi connectivity index (χ4v) is 1.60. The maximum atomic E-state index is 8.98. The molecule has 0 spiro atoms. The first-order chi connectivity index (χ1) is 7.86. The summed E-state index contributed by atoms with van der Waals surface area (Å²) in [5.74, 6) is 0.608. The van der Waals surface area contributed by atoms with Crippen molar-refractivity contribution in [2.24, 2.45) is 0 Å². The molecule has 2 rings (SSSR count). The Hall–Kier alpha value is -2.34. The highest BCUT2D eigenvalue weighted by molar-refractivity contribution is 5.73. The monoisotopic (exact) mass is 210 g/mol. The Morgan fingerprint density at radius 1 is 1.19 bits per heavy atom. The molecule has 1 aromatic carbocycles. The summed E-state index contributed by atoms with van der Waals surface area (Å²) in [6.07, 6.45) is 3.43. The number of aromatic nitrogens is 1. The molecule has 0 atom stereocenters. The van der Waals surface area contributed by atoms with Crippen LogP contribution >= 0.6 is 0 Å². The Balaban J connectivity index is 2.62. The molecule has 1 aromatic heterocycles. The molecule has 78 valence electrons. The van der Waals surface area contributed by atoms with Gasteiger partial charge in [-0.05, 0) is 23.8 Å². The van der Waals surface area contributed by atoms with Crippen LogP contribution in [-0.4, -0.2) is 12.1 Å². The zero-order valence-electron chi connectivity index (χ0n) is 8.84. The van der Waals surface area contributed by atoms with Crippen LogP contribution in [0.5, 0.6) is 5.75 Å². The van der Waals surface area contributed by atoms with Crippen molar-refractivity contribution in [2.75, 3.05) is 7.11 Å². The van der Waals surface area contributed by atoms with E-state index in [0.717, 1.165) is 11.1 Å². The van der Waals surface area contributed by atoms with Crippen molar-refractivity contribution < 1.29 is 4.74 Å². The summed E-state index contributed by atoms with van der Waals surface area (Å²) < 4.78 is 5.28. The molecular formula is C13H10N2O. The summed E-state index contributed by atoms with van der Waals surface area (Å²) in [7, 11) is 1.57. The molecule has 0 radical (unpaired) electrons. The smallest absolute Gasteiger partial charge is 0.144 e. The van der Waals surface area contributed by atoms with Gasteiger partial charge in [-0.15, -0.1) is 0 Å². The topological polar surface area (TPSA) is 45.9 Å². The van der Waals surface area contributed by atoms with E-state index in [1.807, 2.05) is 24.3 Å². The molecule has 0 unspecified atom stereocenters. The quantitative estimate of drug-likeness (QED) is 0.765. The molecule has 0 fully saturated rings. The Kier molecular flexibility index (Phi) is 2.84. The lowest BCUT2D eigenvalue weighted by molar-refractivity contribution is 0.415. The van der Waals surface area contributed by atoms with Crippen LogP contribution in [0, 0.1) is 11.3 Å². The number of pyridine rings is 1.